The van der Waals surface area contributed by atoms with Crippen LogP contribution in [-0.2, 0) is 0 Å². The first-order valence-corrected chi connectivity index (χ1v) is 9.14. The third kappa shape index (κ3) is 3.42. The number of Topliss-reactive ketones (excluding diaryl/α,β-unsaturated/α-hetero) is 1. The molecule has 0 spiro atoms. The van der Waals surface area contributed by atoms with Crippen molar-refractivity contribution in [3.63, 3.8) is 0 Å². The summed E-state index contributed by atoms with van der Waals surface area (Å²) >= 11 is 6.11. The number of ketones is 1. The third-order valence-electron chi connectivity index (χ3n) is 4.47. The number of hydrogen-bond acceptors (Lipinski definition) is 3. The zero-order valence-electron chi connectivity index (χ0n) is 15.1. The Labute approximate surface area is 167 Å². The van der Waals surface area contributed by atoms with E-state index < -0.39 is 0 Å². The Kier molecular flexibility index (Phi) is 4.72. The van der Waals surface area contributed by atoms with Crippen molar-refractivity contribution in [2.45, 2.75) is 6.92 Å². The lowest BCUT2D eigenvalue weighted by atomic mass is 10.1. The standard InChI is InChI=1S/C23H17ClN2O2/c1-15(27)21-14-26(22-11-10-17(24)13-20(21)22)23(25)16-6-5-9-19(12-16)28-18-7-3-2-4-8-18/h2-14,25H,1H3. The van der Waals surface area contributed by atoms with Crippen LogP contribution in [0, 0.1) is 5.41 Å². The van der Waals surface area contributed by atoms with Gasteiger partial charge < -0.3 is 9.30 Å². The smallest absolute Gasteiger partial charge is 0.161 e. The van der Waals surface area contributed by atoms with Crippen molar-refractivity contribution >= 4 is 34.1 Å². The molecule has 0 saturated heterocycles. The molecule has 4 nitrogen and oxygen atoms in total. The van der Waals surface area contributed by atoms with Crippen LogP contribution in [-0.4, -0.2) is 16.2 Å². The van der Waals surface area contributed by atoms with Gasteiger partial charge in [-0.25, -0.2) is 0 Å². The maximum absolute atomic E-state index is 12.1. The fourth-order valence-electron chi connectivity index (χ4n) is 3.14. The molecule has 0 fully saturated rings. The van der Waals surface area contributed by atoms with Crippen molar-refractivity contribution in [2.24, 2.45) is 0 Å². The Hall–Kier alpha value is -3.37. The monoisotopic (exact) mass is 388 g/mol. The zero-order chi connectivity index (χ0) is 19.7. The largest absolute Gasteiger partial charge is 0.457 e. The first kappa shape index (κ1) is 18.0. The summed E-state index contributed by atoms with van der Waals surface area (Å²) in [7, 11) is 0. The number of hydrogen-bond donors (Lipinski definition) is 1. The van der Waals surface area contributed by atoms with Gasteiger partial charge in [0.25, 0.3) is 0 Å². The SMILES string of the molecule is CC(=O)c1cn(C(=N)c2cccc(Oc3ccccc3)c2)c2ccc(Cl)cc12. The van der Waals surface area contributed by atoms with Crippen molar-refractivity contribution < 1.29 is 9.53 Å². The Balaban J connectivity index is 1.74. The molecule has 0 radical (unpaired) electrons. The minimum absolute atomic E-state index is 0.0695. The van der Waals surface area contributed by atoms with Crippen LogP contribution < -0.4 is 4.74 Å². The highest BCUT2D eigenvalue weighted by molar-refractivity contribution is 6.31. The van der Waals surface area contributed by atoms with E-state index >= 15 is 0 Å². The van der Waals surface area contributed by atoms with Crippen LogP contribution in [0.25, 0.3) is 10.9 Å². The molecule has 28 heavy (non-hydrogen) atoms. The molecule has 5 heteroatoms. The maximum Gasteiger partial charge on any atom is 0.161 e. The number of benzene rings is 3. The van der Waals surface area contributed by atoms with Crippen LogP contribution in [0.15, 0.2) is 79.0 Å². The minimum atomic E-state index is -0.0695. The molecule has 0 aliphatic heterocycles. The number of nitrogens with zero attached hydrogens (tertiary/aromatic N) is 1. The predicted octanol–water partition coefficient (Wildman–Crippen LogP) is 6.16. The summed E-state index contributed by atoms with van der Waals surface area (Å²) in [5.41, 5.74) is 1.98. The highest BCUT2D eigenvalue weighted by Gasteiger charge is 2.16. The molecule has 1 N–H and O–H groups in total. The molecule has 0 unspecified atom stereocenters. The highest BCUT2D eigenvalue weighted by Crippen LogP contribution is 2.27. The van der Waals surface area contributed by atoms with Crippen molar-refractivity contribution in [1.82, 2.24) is 4.57 Å². The van der Waals surface area contributed by atoms with Crippen LogP contribution in [0.4, 0.5) is 0 Å². The van der Waals surface area contributed by atoms with Crippen LogP contribution in [0.5, 0.6) is 11.5 Å². The van der Waals surface area contributed by atoms with Crippen molar-refractivity contribution in [1.29, 1.82) is 5.41 Å². The van der Waals surface area contributed by atoms with Crippen LogP contribution in [0.1, 0.15) is 22.8 Å². The summed E-state index contributed by atoms with van der Waals surface area (Å²) in [5.74, 6) is 1.55. The second-order valence-corrected chi connectivity index (χ2v) is 6.86. The van der Waals surface area contributed by atoms with Gasteiger partial charge in [-0.05, 0) is 49.4 Å². The van der Waals surface area contributed by atoms with Gasteiger partial charge in [-0.15, -0.1) is 0 Å². The lowest BCUT2D eigenvalue weighted by molar-refractivity contribution is 0.101. The van der Waals surface area contributed by atoms with E-state index in [9.17, 15) is 4.79 Å². The number of carbonyl (C=O) groups is 1. The Morgan fingerprint density at radius 3 is 2.46 bits per heavy atom. The number of fused-ring (bicyclic) bond motifs is 1. The van der Waals surface area contributed by atoms with Crippen LogP contribution in [0.2, 0.25) is 5.02 Å². The van der Waals surface area contributed by atoms with E-state index in [1.54, 1.807) is 22.9 Å². The molecule has 0 aliphatic rings. The topological polar surface area (TPSA) is 55.1 Å². The van der Waals surface area contributed by atoms with Crippen LogP contribution in [0.3, 0.4) is 0 Å². The number of nitrogens with one attached hydrogen (secondary N) is 1. The lowest BCUT2D eigenvalue weighted by Gasteiger charge is -2.10. The van der Waals surface area contributed by atoms with Crippen molar-refractivity contribution in [3.8, 4) is 11.5 Å². The molecular formula is C23H17ClN2O2. The second kappa shape index (κ2) is 7.33. The van der Waals surface area contributed by atoms with Crippen molar-refractivity contribution in [2.75, 3.05) is 0 Å². The number of carbonyl (C=O) groups excluding carboxylic acids is 1. The number of halogens is 1. The molecule has 1 heterocycles. The predicted molar refractivity (Wildman–Crippen MR) is 112 cm³/mol. The van der Waals surface area contributed by atoms with Gasteiger partial charge in [-0.3, -0.25) is 10.2 Å². The number of ether oxygens (including phenoxy) is 1. The van der Waals surface area contributed by atoms with Gasteiger partial charge in [-0.2, -0.15) is 0 Å². The van der Waals surface area contributed by atoms with Crippen LogP contribution >= 0.6 is 11.6 Å². The molecule has 0 atom stereocenters. The summed E-state index contributed by atoms with van der Waals surface area (Å²) in [6.45, 7) is 1.51. The average molecular weight is 389 g/mol. The summed E-state index contributed by atoms with van der Waals surface area (Å²) < 4.78 is 7.57. The summed E-state index contributed by atoms with van der Waals surface area (Å²) in [5, 5.41) is 9.99. The first-order valence-electron chi connectivity index (χ1n) is 8.77. The lowest BCUT2D eigenvalue weighted by Crippen LogP contribution is -2.11. The molecule has 4 aromatic rings. The zero-order valence-corrected chi connectivity index (χ0v) is 15.9. The fraction of sp³-hybridized carbons (Fsp3) is 0.0435. The molecular weight excluding hydrogens is 372 g/mol. The van der Waals surface area contributed by atoms with Gasteiger partial charge in [-0.1, -0.05) is 41.9 Å². The quantitative estimate of drug-likeness (QED) is 0.258. The molecule has 4 rings (SSSR count). The van der Waals surface area contributed by atoms with Gasteiger partial charge in [0, 0.05) is 27.7 Å². The molecule has 3 aromatic carbocycles. The van der Waals surface area contributed by atoms with E-state index in [1.807, 2.05) is 60.7 Å². The van der Waals surface area contributed by atoms with E-state index in [0.29, 0.717) is 21.9 Å². The number of para-hydroxylation sites is 1. The van der Waals surface area contributed by atoms with Gasteiger partial charge >= 0.3 is 0 Å². The maximum atomic E-state index is 12.1. The van der Waals surface area contributed by atoms with E-state index in [1.165, 1.54) is 6.92 Å². The van der Waals surface area contributed by atoms with Gasteiger partial charge in [0.05, 0.1) is 5.52 Å². The summed E-state index contributed by atoms with van der Waals surface area (Å²) in [6.07, 6.45) is 1.69. The van der Waals surface area contributed by atoms with E-state index in [4.69, 9.17) is 21.7 Å². The Morgan fingerprint density at radius 1 is 0.964 bits per heavy atom. The molecule has 1 aromatic heterocycles. The average Bonchev–Trinajstić information content (AvgIpc) is 3.07. The van der Waals surface area contributed by atoms with E-state index in [-0.39, 0.29) is 11.6 Å². The van der Waals surface area contributed by atoms with Gasteiger partial charge in [0.2, 0.25) is 0 Å². The molecule has 0 saturated carbocycles. The van der Waals surface area contributed by atoms with E-state index in [0.717, 1.165) is 16.7 Å². The first-order chi connectivity index (χ1) is 13.5. The molecule has 0 aliphatic carbocycles. The Bertz CT molecular complexity index is 1200. The number of rotatable bonds is 4. The molecule has 0 amide bonds. The normalized spacial score (nSPS) is 10.8. The molecule has 138 valence electrons. The third-order valence-corrected chi connectivity index (χ3v) is 4.71. The Morgan fingerprint density at radius 2 is 1.71 bits per heavy atom. The van der Waals surface area contributed by atoms with E-state index in [2.05, 4.69) is 0 Å². The van der Waals surface area contributed by atoms with Crippen molar-refractivity contribution in [3.05, 3.63) is 95.1 Å². The second-order valence-electron chi connectivity index (χ2n) is 6.42. The summed E-state index contributed by atoms with van der Waals surface area (Å²) in [4.78, 5) is 12.1. The minimum Gasteiger partial charge on any atom is -0.457 e. The van der Waals surface area contributed by atoms with Gasteiger partial charge in [0.1, 0.15) is 17.3 Å². The highest BCUT2D eigenvalue weighted by atomic mass is 35.5. The fourth-order valence-corrected chi connectivity index (χ4v) is 3.31. The summed E-state index contributed by atoms with van der Waals surface area (Å²) in [6, 6.07) is 22.2. The van der Waals surface area contributed by atoms with Gasteiger partial charge in [0.15, 0.2) is 5.78 Å². The molecule has 0 bridgehead atoms. The number of aromatic nitrogens is 1.